The standard InChI is InChI=1S/C56H75N8O23P3S4.2O3S/c1-4-94(91)35-82-46-31-48(85-47(46)33-83-89(74,75)87-90(76,77)86-88(71,72)73)64-32-37(51(59)63-55(64)70)10-8-20-62-54(69)61-19-6-5-7-22-80-34-92-93-56(2,3)18-24-81-49(65)11-9-23-78-26-27-79-25-21-60-52(66)36-12-15-40(53(67)68)43(28-36)50-41-16-13-38(57)29-44(41)84-45-30-39(58)14-17-42(45)50;2*1-4(2)3/h12-17,28-30,32,46-48,57H,4-7,9,11,18-27,31,33-35,58H2,1-3H3,(H,60,66)(H,67,68)(H,74,75)(H,76,77)(H2,59,63,70)(H2,61,62,69)(H2,71,72,73);;/p+1/t46?,47-,48-,94?;;/m1../s1. The van der Waals surface area contributed by atoms with E-state index in [1.807, 2.05) is 6.92 Å². The maximum atomic E-state index is 13.3. The van der Waals surface area contributed by atoms with E-state index >= 15 is 0 Å². The summed E-state index contributed by atoms with van der Waals surface area (Å²) < 4.78 is 139. The number of urea groups is 1. The normalized spacial score (nSPS) is 15.7. The summed E-state index contributed by atoms with van der Waals surface area (Å²) >= 11 is 5.33. The van der Waals surface area contributed by atoms with Crippen molar-refractivity contribution in [1.82, 2.24) is 25.5 Å². The van der Waals surface area contributed by atoms with Crippen molar-refractivity contribution in [3.63, 3.8) is 0 Å². The fourth-order valence-corrected chi connectivity index (χ4v) is 14.8. The molecule has 0 spiro atoms. The van der Waals surface area contributed by atoms with E-state index in [0.717, 1.165) is 17.4 Å². The van der Waals surface area contributed by atoms with Gasteiger partial charge < -0.3 is 84.9 Å². The van der Waals surface area contributed by atoms with Gasteiger partial charge in [-0.05, 0) is 105 Å². The van der Waals surface area contributed by atoms with Gasteiger partial charge in [0.15, 0.2) is 5.36 Å². The third-order valence-corrected chi connectivity index (χ3v) is 22.2. The number of esters is 1. The molecule has 102 heavy (non-hydrogen) atoms. The van der Waals surface area contributed by atoms with E-state index in [-0.39, 0.29) is 91.5 Å². The highest BCUT2D eigenvalue weighted by atomic mass is 33.1. The first-order valence-corrected chi connectivity index (χ1v) is 41.3. The van der Waals surface area contributed by atoms with E-state index in [2.05, 4.69) is 55.2 Å². The number of carbonyl (C=O) groups is 4. The van der Waals surface area contributed by atoms with Crippen LogP contribution in [-0.4, -0.2) is 184 Å². The van der Waals surface area contributed by atoms with Crippen LogP contribution >= 0.6 is 45.1 Å². The first kappa shape index (κ1) is 88.0. The van der Waals surface area contributed by atoms with E-state index in [1.165, 1.54) is 24.4 Å². The summed E-state index contributed by atoms with van der Waals surface area (Å²) in [6, 6.07) is 14.1. The van der Waals surface area contributed by atoms with Gasteiger partial charge in [-0.25, -0.2) is 28.1 Å². The average molecular weight is 1610 g/mol. The Labute approximate surface area is 600 Å². The number of hydrogen-bond donors (Lipinski definition) is 11. The third kappa shape index (κ3) is 33.6. The van der Waals surface area contributed by atoms with Crippen LogP contribution in [0.2, 0.25) is 0 Å². The topological polar surface area (TPSA) is 568 Å². The lowest BCUT2D eigenvalue weighted by Crippen LogP contribution is -2.44. The Morgan fingerprint density at radius 2 is 1.53 bits per heavy atom. The lowest BCUT2D eigenvalue weighted by atomic mass is 9.89. The minimum atomic E-state index is -5.79. The maximum Gasteiger partial charge on any atom is 0.490 e. The van der Waals surface area contributed by atoms with Gasteiger partial charge in [-0.3, -0.25) is 24.1 Å². The van der Waals surface area contributed by atoms with Gasteiger partial charge in [-0.2, -0.15) is 13.6 Å². The number of fused-ring (bicyclic) bond motifs is 2. The quantitative estimate of drug-likeness (QED) is 0.00393. The van der Waals surface area contributed by atoms with E-state index in [1.54, 1.807) is 58.0 Å². The highest BCUT2D eigenvalue weighted by molar-refractivity contribution is 8.77. The lowest BCUT2D eigenvalue weighted by molar-refractivity contribution is -0.172. The zero-order chi connectivity index (χ0) is 75.8. The van der Waals surface area contributed by atoms with E-state index in [0.29, 0.717) is 95.2 Å². The predicted molar refractivity (Wildman–Crippen MR) is 371 cm³/mol. The van der Waals surface area contributed by atoms with Gasteiger partial charge in [-0.1, -0.05) is 49.8 Å². The molecule has 46 heteroatoms. The Morgan fingerprint density at radius 3 is 2.22 bits per heavy atom. The molecule has 1 aliphatic carbocycles. The molecule has 6 rings (SSSR count). The second kappa shape index (κ2) is 43.8. The average Bonchev–Trinajstić information content (AvgIpc) is 0.882. The third-order valence-electron chi connectivity index (χ3n) is 13.3. The zero-order valence-electron chi connectivity index (χ0n) is 54.6. The number of unbranched alkanes of at least 4 members (excludes halogenated alkanes) is 2. The molecule has 0 bridgehead atoms. The number of phosphoric ester groups is 1. The van der Waals surface area contributed by atoms with Crippen molar-refractivity contribution in [3.8, 4) is 34.3 Å². The largest absolute Gasteiger partial charge is 0.490 e. The van der Waals surface area contributed by atoms with Gasteiger partial charge in [0.05, 0.1) is 68.8 Å². The fraction of sp³-hybridized carbons (Fsp3) is 0.482. The monoisotopic (exact) mass is 1610 g/mol. The van der Waals surface area contributed by atoms with Crippen LogP contribution in [0, 0.1) is 11.8 Å². The number of nitrogen functional groups attached to an aromatic ring is 2. The van der Waals surface area contributed by atoms with Gasteiger partial charge in [0, 0.05) is 90.0 Å². The number of aromatic nitrogens is 2. The summed E-state index contributed by atoms with van der Waals surface area (Å²) in [5.74, 6) is 4.85. The summed E-state index contributed by atoms with van der Waals surface area (Å²) in [5.41, 5.74) is 13.8. The Kier molecular flexibility index (Phi) is 37.7. The first-order chi connectivity index (χ1) is 48.0. The Balaban J connectivity index is 0.00000261. The second-order valence-electron chi connectivity index (χ2n) is 21.5. The molecule has 3 amide bonds. The lowest BCUT2D eigenvalue weighted by Gasteiger charge is -2.22. The maximum absolute atomic E-state index is 13.3. The number of aromatic carboxylic acids is 1. The number of phosphoric acid groups is 3. The van der Waals surface area contributed by atoms with Gasteiger partial charge in [-0.15, -0.1) is 25.3 Å². The molecule has 6 atom stereocenters. The van der Waals surface area contributed by atoms with Gasteiger partial charge >= 0.3 is 68.3 Å². The minimum Gasteiger partial charge on any atom is -0.478 e. The number of ether oxygens (including phenoxy) is 6. The van der Waals surface area contributed by atoms with E-state index in [4.69, 9.17) is 100 Å². The summed E-state index contributed by atoms with van der Waals surface area (Å²) in [4.78, 5) is 104. The molecular weight excluding hydrogens is 1530 g/mol. The van der Waals surface area contributed by atoms with Crippen molar-refractivity contribution >= 4 is 133 Å². The minimum absolute atomic E-state index is 0.00726. The van der Waals surface area contributed by atoms with Gasteiger partial charge in [0.2, 0.25) is 0 Å². The van der Waals surface area contributed by atoms with Crippen LogP contribution in [0.4, 0.5) is 16.3 Å². The Morgan fingerprint density at radius 1 is 0.833 bits per heavy atom. The van der Waals surface area contributed by atoms with Crippen LogP contribution in [-0.2, 0) is 102 Å². The predicted octanol–water partition coefficient (Wildman–Crippen LogP) is 2.48. The van der Waals surface area contributed by atoms with Crippen LogP contribution in [0.15, 0.2) is 70.0 Å². The molecule has 14 N–H and O–H groups in total. The number of nitrogens with two attached hydrogens (primary N) is 3. The highest BCUT2D eigenvalue weighted by Gasteiger charge is 2.44. The SMILES string of the molecule is CCS(=S)COC1C[C@H](n2cc(C#CCNC(=O)NCCCCCOCSSC(C)(C)CCOC(=O)CCCOCCOCCNC(=O)c3ccc(C(=O)O)c(-c4c5ccc(=[NH2+])cc-5oc5cc(N)ccc45)c3)c(N)nc2=O)O[C@@H]1COP(=O)(O)OP(=O)(O)OP(=O)(O)O.O=S(=O)=O.O=S(=O)=O. The number of rotatable bonds is 39. The highest BCUT2D eigenvalue weighted by Crippen LogP contribution is 2.66. The number of nitrogens with zero attached hydrogens (tertiary/aromatic N) is 2. The molecule has 3 aliphatic rings. The molecule has 0 radical (unpaired) electrons. The number of benzene rings is 3. The summed E-state index contributed by atoms with van der Waals surface area (Å²) in [5, 5.41) is 25.4. The van der Waals surface area contributed by atoms with Crippen molar-refractivity contribution in [2.45, 2.75) is 88.9 Å². The number of amides is 3. The molecule has 0 saturated carbocycles. The number of carbonyl (C=O) groups excluding carboxylic acids is 3. The number of carboxylic acid groups (broad SMARTS) is 1. The molecule has 4 unspecified atom stereocenters. The van der Waals surface area contributed by atoms with Crippen molar-refractivity contribution in [2.75, 3.05) is 95.0 Å². The molecule has 2 aliphatic heterocycles. The number of anilines is 2. The Hall–Kier alpha value is -6.43. The van der Waals surface area contributed by atoms with Crippen LogP contribution in [0.1, 0.15) is 98.2 Å². The van der Waals surface area contributed by atoms with Gasteiger partial charge in [0.1, 0.15) is 35.4 Å². The fourth-order valence-electron chi connectivity index (χ4n) is 8.81. The van der Waals surface area contributed by atoms with Crippen molar-refractivity contribution in [3.05, 3.63) is 93.3 Å². The molecule has 564 valence electrons. The first-order valence-electron chi connectivity index (χ1n) is 30.0. The summed E-state index contributed by atoms with van der Waals surface area (Å²) in [7, 11) is -20.6. The Bertz CT molecular complexity index is 4240. The van der Waals surface area contributed by atoms with Crippen molar-refractivity contribution in [2.24, 2.45) is 0 Å². The van der Waals surface area contributed by atoms with Gasteiger partial charge in [0.25, 0.3) is 5.91 Å². The molecule has 2 aromatic carbocycles. The molecule has 3 aromatic rings. The number of nitrogens with one attached hydrogen (secondary N) is 3. The van der Waals surface area contributed by atoms with E-state index in [9.17, 15) is 52.6 Å². The van der Waals surface area contributed by atoms with Crippen LogP contribution in [0.5, 0.6) is 0 Å². The van der Waals surface area contributed by atoms with Crippen molar-refractivity contribution in [1.29, 1.82) is 0 Å². The molecular formula is C56H76N8O29P3S6+. The van der Waals surface area contributed by atoms with E-state index < -0.39 is 103 Å². The van der Waals surface area contributed by atoms with Crippen molar-refractivity contribution < 1.29 is 134 Å². The summed E-state index contributed by atoms with van der Waals surface area (Å²) in [6.45, 7) is 7.42. The van der Waals surface area contributed by atoms with Crippen LogP contribution in [0.25, 0.3) is 33.4 Å². The summed E-state index contributed by atoms with van der Waals surface area (Å²) in [6.07, 6.45) is 1.45. The molecule has 3 heterocycles. The number of hydrogen-bond acceptors (Lipinski definition) is 30. The molecule has 1 fully saturated rings. The smallest absolute Gasteiger partial charge is 0.478 e. The molecule has 1 saturated heterocycles. The molecule has 37 nitrogen and oxygen atoms in total. The van der Waals surface area contributed by atoms with Crippen LogP contribution in [0.3, 0.4) is 0 Å². The van der Waals surface area contributed by atoms with Crippen LogP contribution < -0.4 is 43.9 Å². The zero-order valence-corrected chi connectivity index (χ0v) is 62.2. The number of carboxylic acids is 1. The second-order valence-corrected chi connectivity index (χ2v) is 32.8. The molecule has 1 aromatic heterocycles.